The lowest BCUT2D eigenvalue weighted by molar-refractivity contribution is 0.356. The van der Waals surface area contributed by atoms with Crippen molar-refractivity contribution >= 4 is 39.1 Å². The van der Waals surface area contributed by atoms with Crippen LogP contribution in [0.15, 0.2) is 23.2 Å². The molecule has 0 unspecified atom stereocenters. The number of hydrogen-bond acceptors (Lipinski definition) is 2. The standard InChI is InChI=1S/C12H14BrCl2NO/c1-3-16-6-9-4-10(14)5-11(15)12(9)17-7-8(2)13/h4-5,16H,2-3,6-7H2,1H3. The van der Waals surface area contributed by atoms with Crippen molar-refractivity contribution in [1.82, 2.24) is 5.32 Å². The molecule has 0 saturated carbocycles. The summed E-state index contributed by atoms with van der Waals surface area (Å²) in [5.41, 5.74) is 0.943. The van der Waals surface area contributed by atoms with Crippen molar-refractivity contribution in [1.29, 1.82) is 0 Å². The molecule has 1 aromatic rings. The number of hydrogen-bond donors (Lipinski definition) is 1. The minimum Gasteiger partial charge on any atom is -0.486 e. The first-order valence-electron chi connectivity index (χ1n) is 5.19. The molecule has 17 heavy (non-hydrogen) atoms. The molecular formula is C12H14BrCl2NO. The van der Waals surface area contributed by atoms with Crippen LogP contribution in [0.4, 0.5) is 0 Å². The number of halogens is 3. The Labute approximate surface area is 120 Å². The van der Waals surface area contributed by atoms with E-state index in [1.165, 1.54) is 0 Å². The first-order chi connectivity index (χ1) is 8.04. The third-order valence-corrected chi connectivity index (χ3v) is 2.75. The molecule has 5 heteroatoms. The lowest BCUT2D eigenvalue weighted by atomic mass is 10.2. The molecule has 0 aromatic heterocycles. The fourth-order valence-electron chi connectivity index (χ4n) is 1.32. The zero-order valence-electron chi connectivity index (χ0n) is 9.53. The van der Waals surface area contributed by atoms with Gasteiger partial charge in [-0.1, -0.05) is 52.6 Å². The molecule has 0 heterocycles. The third-order valence-electron chi connectivity index (χ3n) is 2.02. The van der Waals surface area contributed by atoms with Crippen molar-refractivity contribution in [3.05, 3.63) is 38.8 Å². The van der Waals surface area contributed by atoms with Gasteiger partial charge in [-0.05, 0) is 18.7 Å². The summed E-state index contributed by atoms with van der Waals surface area (Å²) in [7, 11) is 0. The maximum Gasteiger partial charge on any atom is 0.143 e. The van der Waals surface area contributed by atoms with Gasteiger partial charge in [-0.15, -0.1) is 0 Å². The first kappa shape index (κ1) is 14.8. The van der Waals surface area contributed by atoms with Gasteiger partial charge in [-0.3, -0.25) is 0 Å². The van der Waals surface area contributed by atoms with E-state index in [0.29, 0.717) is 28.9 Å². The SMILES string of the molecule is C=C(Br)COc1c(Cl)cc(Cl)cc1CNCC. The second kappa shape index (κ2) is 7.27. The molecule has 1 N–H and O–H groups in total. The Morgan fingerprint density at radius 1 is 1.47 bits per heavy atom. The second-order valence-electron chi connectivity index (χ2n) is 3.46. The summed E-state index contributed by atoms with van der Waals surface area (Å²) < 4.78 is 6.37. The molecule has 0 spiro atoms. The van der Waals surface area contributed by atoms with Crippen LogP contribution in [-0.4, -0.2) is 13.2 Å². The van der Waals surface area contributed by atoms with Gasteiger partial charge in [0.05, 0.1) is 5.02 Å². The molecule has 94 valence electrons. The van der Waals surface area contributed by atoms with Gasteiger partial charge in [0.1, 0.15) is 12.4 Å². The molecule has 0 aliphatic heterocycles. The lowest BCUT2D eigenvalue weighted by Crippen LogP contribution is -2.13. The van der Waals surface area contributed by atoms with Crippen LogP contribution in [0, 0.1) is 0 Å². The third kappa shape index (κ3) is 4.88. The van der Waals surface area contributed by atoms with Crippen molar-refractivity contribution < 1.29 is 4.74 Å². The van der Waals surface area contributed by atoms with Gasteiger partial charge in [-0.25, -0.2) is 0 Å². The van der Waals surface area contributed by atoms with Crippen LogP contribution < -0.4 is 10.1 Å². The molecule has 1 rings (SSSR count). The van der Waals surface area contributed by atoms with E-state index in [2.05, 4.69) is 27.8 Å². The van der Waals surface area contributed by atoms with Crippen LogP contribution in [0.5, 0.6) is 5.75 Å². The maximum absolute atomic E-state index is 6.11. The van der Waals surface area contributed by atoms with E-state index in [1.54, 1.807) is 6.07 Å². The van der Waals surface area contributed by atoms with Gasteiger partial charge >= 0.3 is 0 Å². The van der Waals surface area contributed by atoms with Crippen LogP contribution >= 0.6 is 39.1 Å². The normalized spacial score (nSPS) is 10.4. The van der Waals surface area contributed by atoms with Crippen LogP contribution in [0.3, 0.4) is 0 Å². The second-order valence-corrected chi connectivity index (χ2v) is 5.43. The average Bonchev–Trinajstić information content (AvgIpc) is 2.24. The minimum absolute atomic E-state index is 0.375. The monoisotopic (exact) mass is 337 g/mol. The van der Waals surface area contributed by atoms with Gasteiger partial charge < -0.3 is 10.1 Å². The van der Waals surface area contributed by atoms with Crippen LogP contribution in [0.25, 0.3) is 0 Å². The van der Waals surface area contributed by atoms with Gasteiger partial charge in [0.25, 0.3) is 0 Å². The number of nitrogens with one attached hydrogen (secondary N) is 1. The molecule has 0 saturated heterocycles. The first-order valence-corrected chi connectivity index (χ1v) is 6.74. The van der Waals surface area contributed by atoms with Crippen LogP contribution in [0.2, 0.25) is 10.0 Å². The summed E-state index contributed by atoms with van der Waals surface area (Å²) >= 11 is 15.3. The summed E-state index contributed by atoms with van der Waals surface area (Å²) in [6.45, 7) is 7.66. The van der Waals surface area contributed by atoms with Gasteiger partial charge in [0, 0.05) is 21.6 Å². The van der Waals surface area contributed by atoms with Gasteiger partial charge in [0.2, 0.25) is 0 Å². The van der Waals surface area contributed by atoms with E-state index >= 15 is 0 Å². The number of benzene rings is 1. The van der Waals surface area contributed by atoms with Crippen molar-refractivity contribution in [2.75, 3.05) is 13.2 Å². The largest absolute Gasteiger partial charge is 0.486 e. The highest BCUT2D eigenvalue weighted by Gasteiger charge is 2.10. The Morgan fingerprint density at radius 3 is 2.76 bits per heavy atom. The Bertz CT molecular complexity index is 410. The van der Waals surface area contributed by atoms with Crippen molar-refractivity contribution in [3.8, 4) is 5.75 Å². The molecule has 0 aliphatic carbocycles. The molecule has 0 amide bonds. The topological polar surface area (TPSA) is 21.3 Å². The predicted molar refractivity (Wildman–Crippen MR) is 77.4 cm³/mol. The zero-order valence-corrected chi connectivity index (χ0v) is 12.6. The number of rotatable bonds is 6. The number of ether oxygens (including phenoxy) is 1. The smallest absolute Gasteiger partial charge is 0.143 e. The quantitative estimate of drug-likeness (QED) is 0.830. The molecule has 0 bridgehead atoms. The van der Waals surface area contributed by atoms with E-state index in [9.17, 15) is 0 Å². The molecule has 0 fully saturated rings. The fourth-order valence-corrected chi connectivity index (χ4v) is 2.02. The summed E-state index contributed by atoms with van der Waals surface area (Å²) in [6.07, 6.45) is 0. The molecule has 1 aromatic carbocycles. The summed E-state index contributed by atoms with van der Waals surface area (Å²) in [5, 5.41) is 4.33. The van der Waals surface area contributed by atoms with E-state index in [1.807, 2.05) is 13.0 Å². The van der Waals surface area contributed by atoms with E-state index in [4.69, 9.17) is 27.9 Å². The molecule has 0 aliphatic rings. The molecular weight excluding hydrogens is 325 g/mol. The summed E-state index contributed by atoms with van der Waals surface area (Å²) in [4.78, 5) is 0. The van der Waals surface area contributed by atoms with Crippen LogP contribution in [-0.2, 0) is 6.54 Å². The van der Waals surface area contributed by atoms with E-state index in [0.717, 1.165) is 16.6 Å². The van der Waals surface area contributed by atoms with Crippen LogP contribution in [0.1, 0.15) is 12.5 Å². The van der Waals surface area contributed by atoms with Gasteiger partial charge in [-0.2, -0.15) is 0 Å². The highest BCUT2D eigenvalue weighted by molar-refractivity contribution is 9.11. The fraction of sp³-hybridized carbons (Fsp3) is 0.333. The Hall–Kier alpha value is -0.220. The van der Waals surface area contributed by atoms with E-state index < -0.39 is 0 Å². The average molecular weight is 339 g/mol. The molecule has 2 nitrogen and oxygen atoms in total. The maximum atomic E-state index is 6.11. The predicted octanol–water partition coefficient (Wildman–Crippen LogP) is 4.39. The van der Waals surface area contributed by atoms with Crippen molar-refractivity contribution in [2.24, 2.45) is 0 Å². The Kier molecular flexibility index (Phi) is 6.34. The molecule has 0 atom stereocenters. The minimum atomic E-state index is 0.375. The van der Waals surface area contributed by atoms with Gasteiger partial charge in [0.15, 0.2) is 0 Å². The Morgan fingerprint density at radius 2 is 2.18 bits per heavy atom. The highest BCUT2D eigenvalue weighted by atomic mass is 79.9. The molecule has 0 radical (unpaired) electrons. The zero-order chi connectivity index (χ0) is 12.8. The van der Waals surface area contributed by atoms with E-state index in [-0.39, 0.29) is 0 Å². The van der Waals surface area contributed by atoms with Crippen molar-refractivity contribution in [2.45, 2.75) is 13.5 Å². The summed E-state index contributed by atoms with van der Waals surface area (Å²) in [6, 6.07) is 3.52. The Balaban J connectivity index is 2.93. The lowest BCUT2D eigenvalue weighted by Gasteiger charge is -2.13. The summed E-state index contributed by atoms with van der Waals surface area (Å²) in [5.74, 6) is 0.651. The van der Waals surface area contributed by atoms with Crippen molar-refractivity contribution in [3.63, 3.8) is 0 Å². The highest BCUT2D eigenvalue weighted by Crippen LogP contribution is 2.32.